The summed E-state index contributed by atoms with van der Waals surface area (Å²) in [6, 6.07) is 3.09. The van der Waals surface area contributed by atoms with Crippen molar-refractivity contribution in [1.29, 1.82) is 0 Å². The van der Waals surface area contributed by atoms with Crippen LogP contribution in [0.1, 0.15) is 20.3 Å². The molecule has 1 aromatic rings. The molecule has 0 aromatic carbocycles. The highest BCUT2D eigenvalue weighted by molar-refractivity contribution is 7.93. The maximum atomic E-state index is 11.9. The molecule has 2 N–H and O–H groups in total. The number of hydrogen-bond acceptors (Lipinski definition) is 4. The summed E-state index contributed by atoms with van der Waals surface area (Å²) in [4.78, 5) is 0. The van der Waals surface area contributed by atoms with Gasteiger partial charge < -0.3 is 5.73 Å². The third-order valence-corrected chi connectivity index (χ3v) is 5.87. The lowest BCUT2D eigenvalue weighted by Crippen LogP contribution is -2.35. The Bertz CT molecular complexity index is 384. The fourth-order valence-electron chi connectivity index (χ4n) is 1.24. The van der Waals surface area contributed by atoms with Crippen molar-refractivity contribution in [2.24, 2.45) is 11.7 Å². The van der Waals surface area contributed by atoms with Crippen LogP contribution in [0.5, 0.6) is 0 Å². The van der Waals surface area contributed by atoms with E-state index in [1.165, 1.54) is 11.3 Å². The van der Waals surface area contributed by atoms with Gasteiger partial charge in [0.15, 0.2) is 9.84 Å². The van der Waals surface area contributed by atoms with E-state index in [0.29, 0.717) is 4.21 Å². The molecule has 1 rings (SSSR count). The SMILES string of the molecule is CCC(C)C(N)CS(=O)(=O)c1cccs1. The molecule has 3 nitrogen and oxygen atoms in total. The van der Waals surface area contributed by atoms with E-state index in [-0.39, 0.29) is 17.7 Å². The fourth-order valence-corrected chi connectivity index (χ4v) is 3.93. The topological polar surface area (TPSA) is 60.2 Å². The molecular formula is C10H17NO2S2. The van der Waals surface area contributed by atoms with E-state index in [2.05, 4.69) is 0 Å². The van der Waals surface area contributed by atoms with Crippen LogP contribution >= 0.6 is 11.3 Å². The maximum absolute atomic E-state index is 11.9. The summed E-state index contributed by atoms with van der Waals surface area (Å²) in [6.45, 7) is 4.00. The minimum Gasteiger partial charge on any atom is -0.327 e. The lowest BCUT2D eigenvalue weighted by atomic mass is 10.0. The third-order valence-electron chi connectivity index (χ3n) is 2.59. The molecule has 0 spiro atoms. The standard InChI is InChI=1S/C10H17NO2S2/c1-3-8(2)9(11)7-15(12,13)10-5-4-6-14-10/h4-6,8-9H,3,7,11H2,1-2H3. The molecule has 0 aliphatic rings. The van der Waals surface area contributed by atoms with E-state index in [1.54, 1.807) is 17.5 Å². The molecule has 0 aliphatic heterocycles. The third kappa shape index (κ3) is 3.29. The van der Waals surface area contributed by atoms with Gasteiger partial charge in [-0.1, -0.05) is 26.3 Å². The maximum Gasteiger partial charge on any atom is 0.189 e. The van der Waals surface area contributed by atoms with Crippen LogP contribution in [-0.4, -0.2) is 20.2 Å². The monoisotopic (exact) mass is 247 g/mol. The molecule has 2 unspecified atom stereocenters. The minimum absolute atomic E-state index is 0.0442. The van der Waals surface area contributed by atoms with Gasteiger partial charge in [0.1, 0.15) is 4.21 Å². The second kappa shape index (κ2) is 5.09. The molecule has 1 heterocycles. The Labute approximate surface area is 95.2 Å². The molecule has 0 fully saturated rings. The molecule has 0 bridgehead atoms. The van der Waals surface area contributed by atoms with E-state index in [9.17, 15) is 8.42 Å². The van der Waals surface area contributed by atoms with Crippen LogP contribution in [0.3, 0.4) is 0 Å². The van der Waals surface area contributed by atoms with Crippen molar-refractivity contribution >= 4 is 21.2 Å². The molecular weight excluding hydrogens is 230 g/mol. The first-order valence-electron chi connectivity index (χ1n) is 4.99. The number of rotatable bonds is 5. The van der Waals surface area contributed by atoms with E-state index < -0.39 is 9.84 Å². The normalized spacial score (nSPS) is 16.2. The van der Waals surface area contributed by atoms with E-state index >= 15 is 0 Å². The quantitative estimate of drug-likeness (QED) is 0.864. The van der Waals surface area contributed by atoms with Gasteiger partial charge in [-0.2, -0.15) is 0 Å². The van der Waals surface area contributed by atoms with E-state index in [0.717, 1.165) is 6.42 Å². The highest BCUT2D eigenvalue weighted by Gasteiger charge is 2.22. The molecule has 1 aromatic heterocycles. The zero-order chi connectivity index (χ0) is 11.5. The zero-order valence-corrected chi connectivity index (χ0v) is 10.6. The Morgan fingerprint density at radius 2 is 2.20 bits per heavy atom. The van der Waals surface area contributed by atoms with Crippen molar-refractivity contribution in [3.05, 3.63) is 17.5 Å². The molecule has 0 saturated heterocycles. The van der Waals surface area contributed by atoms with Crippen molar-refractivity contribution in [3.63, 3.8) is 0 Å². The number of nitrogens with two attached hydrogens (primary N) is 1. The molecule has 86 valence electrons. The predicted octanol–water partition coefficient (Wildman–Crippen LogP) is 1.90. The van der Waals surface area contributed by atoms with Crippen LogP contribution in [-0.2, 0) is 9.84 Å². The average molecular weight is 247 g/mol. The number of hydrogen-bond donors (Lipinski definition) is 1. The highest BCUT2D eigenvalue weighted by Crippen LogP contribution is 2.19. The van der Waals surface area contributed by atoms with Crippen molar-refractivity contribution in [2.75, 3.05) is 5.75 Å². The first kappa shape index (κ1) is 12.7. The lowest BCUT2D eigenvalue weighted by molar-refractivity contribution is 0.466. The van der Waals surface area contributed by atoms with Gasteiger partial charge >= 0.3 is 0 Å². The van der Waals surface area contributed by atoms with Crippen LogP contribution in [0, 0.1) is 5.92 Å². The van der Waals surface area contributed by atoms with Gasteiger partial charge in [0.05, 0.1) is 5.75 Å². The Kier molecular flexibility index (Phi) is 4.31. The van der Waals surface area contributed by atoms with E-state index in [4.69, 9.17) is 5.73 Å². The first-order valence-corrected chi connectivity index (χ1v) is 7.52. The Morgan fingerprint density at radius 1 is 1.53 bits per heavy atom. The number of sulfone groups is 1. The largest absolute Gasteiger partial charge is 0.327 e. The predicted molar refractivity (Wildman–Crippen MR) is 63.8 cm³/mol. The molecule has 5 heteroatoms. The van der Waals surface area contributed by atoms with Crippen LogP contribution in [0.25, 0.3) is 0 Å². The molecule has 15 heavy (non-hydrogen) atoms. The van der Waals surface area contributed by atoms with Gasteiger partial charge in [0, 0.05) is 6.04 Å². The molecule has 0 saturated carbocycles. The number of thiophene rings is 1. The van der Waals surface area contributed by atoms with E-state index in [1.807, 2.05) is 13.8 Å². The Morgan fingerprint density at radius 3 is 2.67 bits per heavy atom. The second-order valence-corrected chi connectivity index (χ2v) is 6.97. The minimum atomic E-state index is -3.18. The van der Waals surface area contributed by atoms with Crippen molar-refractivity contribution in [2.45, 2.75) is 30.5 Å². The molecule has 0 aliphatic carbocycles. The summed E-state index contributed by atoms with van der Waals surface area (Å²) >= 11 is 1.25. The molecule has 0 amide bonds. The van der Waals surface area contributed by atoms with Crippen molar-refractivity contribution < 1.29 is 8.42 Å². The second-order valence-electron chi connectivity index (χ2n) is 3.76. The van der Waals surface area contributed by atoms with Gasteiger partial charge in [-0.25, -0.2) is 8.42 Å². The fraction of sp³-hybridized carbons (Fsp3) is 0.600. The van der Waals surface area contributed by atoms with Gasteiger partial charge in [-0.05, 0) is 17.4 Å². The summed E-state index contributed by atoms with van der Waals surface area (Å²) in [7, 11) is -3.18. The van der Waals surface area contributed by atoms with Crippen LogP contribution in [0.15, 0.2) is 21.7 Å². The average Bonchev–Trinajstić information content (AvgIpc) is 2.69. The first-order chi connectivity index (χ1) is 6.97. The Hall–Kier alpha value is -0.390. The summed E-state index contributed by atoms with van der Waals surface area (Å²) in [5, 5.41) is 1.77. The lowest BCUT2D eigenvalue weighted by Gasteiger charge is -2.17. The van der Waals surface area contributed by atoms with Crippen LogP contribution in [0.2, 0.25) is 0 Å². The van der Waals surface area contributed by atoms with Gasteiger partial charge in [-0.15, -0.1) is 11.3 Å². The van der Waals surface area contributed by atoms with Crippen LogP contribution in [0.4, 0.5) is 0 Å². The van der Waals surface area contributed by atoms with Crippen LogP contribution < -0.4 is 5.73 Å². The summed E-state index contributed by atoms with van der Waals surface area (Å²) < 4.78 is 24.1. The molecule has 0 radical (unpaired) electrons. The smallest absolute Gasteiger partial charge is 0.189 e. The zero-order valence-electron chi connectivity index (χ0n) is 9.01. The summed E-state index contributed by atoms with van der Waals surface area (Å²) in [6.07, 6.45) is 0.904. The highest BCUT2D eigenvalue weighted by atomic mass is 32.2. The van der Waals surface area contributed by atoms with Gasteiger partial charge in [0.25, 0.3) is 0 Å². The Balaban J connectivity index is 2.74. The summed E-state index contributed by atoms with van der Waals surface area (Å²) in [5.74, 6) is 0.280. The molecule has 2 atom stereocenters. The van der Waals surface area contributed by atoms with Crippen molar-refractivity contribution in [3.8, 4) is 0 Å². The van der Waals surface area contributed by atoms with Gasteiger partial charge in [-0.3, -0.25) is 0 Å². The van der Waals surface area contributed by atoms with Crippen molar-refractivity contribution in [1.82, 2.24) is 0 Å². The summed E-state index contributed by atoms with van der Waals surface area (Å²) in [5.41, 5.74) is 5.85. The van der Waals surface area contributed by atoms with Gasteiger partial charge in [0.2, 0.25) is 0 Å².